The molecule has 0 aromatic rings. The molecule has 0 aromatic carbocycles. The second-order valence-electron chi connectivity index (χ2n) is 10.7. The van der Waals surface area contributed by atoms with Gasteiger partial charge in [0.25, 0.3) is 0 Å². The second kappa shape index (κ2) is 18.6. The average Bonchev–Trinajstić information content (AvgIpc) is 2.91. The highest BCUT2D eigenvalue weighted by molar-refractivity contribution is 7.99. The lowest BCUT2D eigenvalue weighted by atomic mass is 10.0. The summed E-state index contributed by atoms with van der Waals surface area (Å²) in [6.45, 7) is 5.91. The summed E-state index contributed by atoms with van der Waals surface area (Å²) in [6, 6.07) is -6.18. The van der Waals surface area contributed by atoms with Crippen LogP contribution in [0.2, 0.25) is 0 Å². The van der Waals surface area contributed by atoms with Crippen molar-refractivity contribution in [1.29, 1.82) is 0 Å². The van der Waals surface area contributed by atoms with Crippen LogP contribution in [0.5, 0.6) is 0 Å². The number of hydrogen-bond donors (Lipinski definition) is 9. The molecule has 16 heteroatoms. The van der Waals surface area contributed by atoms with Crippen molar-refractivity contribution in [3.8, 4) is 0 Å². The van der Waals surface area contributed by atoms with Gasteiger partial charge in [-0.2, -0.15) is 11.8 Å². The van der Waals surface area contributed by atoms with Crippen molar-refractivity contribution in [1.82, 2.24) is 26.6 Å². The van der Waals surface area contributed by atoms with Gasteiger partial charge in [-0.3, -0.25) is 28.8 Å². The van der Waals surface area contributed by atoms with Crippen LogP contribution in [0.4, 0.5) is 0 Å². The van der Waals surface area contributed by atoms with Crippen LogP contribution in [-0.2, 0) is 28.8 Å². The molecule has 1 saturated heterocycles. The summed E-state index contributed by atoms with van der Waals surface area (Å²) in [6.07, 6.45) is -0.00469. The molecule has 0 unspecified atom stereocenters. The Morgan fingerprint density at radius 2 is 1.50 bits per heavy atom. The first kappa shape index (κ1) is 37.1. The topological polar surface area (TPSA) is 255 Å². The number of carbonyl (C=O) groups excluding carboxylic acids is 6. The summed E-state index contributed by atoms with van der Waals surface area (Å²) >= 11 is 1.42. The van der Waals surface area contributed by atoms with E-state index < -0.39 is 77.9 Å². The second-order valence-corrected chi connectivity index (χ2v) is 11.9. The smallest absolute Gasteiger partial charge is 0.245 e. The van der Waals surface area contributed by atoms with Crippen LogP contribution in [0.15, 0.2) is 0 Å². The Bertz CT molecular complexity index is 950. The van der Waals surface area contributed by atoms with Gasteiger partial charge < -0.3 is 48.3 Å². The van der Waals surface area contributed by atoms with Gasteiger partial charge in [0.05, 0.1) is 12.2 Å². The molecular formula is C26H47N7O8S. The van der Waals surface area contributed by atoms with E-state index in [1.165, 1.54) is 25.6 Å². The lowest BCUT2D eigenvalue weighted by Gasteiger charge is -2.29. The van der Waals surface area contributed by atoms with Crippen molar-refractivity contribution in [3.05, 3.63) is 0 Å². The molecule has 1 aliphatic rings. The highest BCUT2D eigenvalue weighted by Gasteiger charge is 2.35. The fourth-order valence-corrected chi connectivity index (χ4v) is 5.18. The molecule has 15 nitrogen and oxygen atoms in total. The normalized spacial score (nSPS) is 22.4. The molecule has 6 amide bonds. The maximum absolute atomic E-state index is 13.3. The Balaban J connectivity index is 3.10. The molecule has 0 saturated carbocycles. The lowest BCUT2D eigenvalue weighted by Crippen LogP contribution is -2.63. The number of primary amides is 1. The molecule has 0 radical (unpaired) electrons. The van der Waals surface area contributed by atoms with E-state index in [4.69, 9.17) is 11.5 Å². The first-order chi connectivity index (χ1) is 19.7. The molecule has 0 bridgehead atoms. The minimum absolute atomic E-state index is 0.121. The first-order valence-corrected chi connectivity index (χ1v) is 15.3. The Morgan fingerprint density at radius 1 is 0.905 bits per heavy atom. The summed E-state index contributed by atoms with van der Waals surface area (Å²) in [4.78, 5) is 76.3. The van der Waals surface area contributed by atoms with Crippen LogP contribution < -0.4 is 38.1 Å². The Hall–Kier alpha value is -2.95. The number of aliphatic hydroxyl groups is 2. The van der Waals surface area contributed by atoms with E-state index in [0.717, 1.165) is 12.8 Å². The minimum Gasteiger partial charge on any atom is -0.391 e. The lowest BCUT2D eigenvalue weighted by molar-refractivity contribution is -0.137. The van der Waals surface area contributed by atoms with Crippen molar-refractivity contribution in [3.63, 3.8) is 0 Å². The van der Waals surface area contributed by atoms with Crippen LogP contribution in [0.1, 0.15) is 59.8 Å². The highest BCUT2D eigenvalue weighted by atomic mass is 32.2. The van der Waals surface area contributed by atoms with E-state index in [9.17, 15) is 39.0 Å². The van der Waals surface area contributed by atoms with Crippen LogP contribution in [-0.4, -0.2) is 106 Å². The first-order valence-electron chi connectivity index (χ1n) is 14.1. The monoisotopic (exact) mass is 617 g/mol. The fourth-order valence-electron chi connectivity index (χ4n) is 4.13. The molecular weight excluding hydrogens is 570 g/mol. The molecule has 11 N–H and O–H groups in total. The Morgan fingerprint density at radius 3 is 2.05 bits per heavy atom. The number of nitrogens with two attached hydrogens (primary N) is 2. The van der Waals surface area contributed by atoms with Crippen LogP contribution >= 0.6 is 11.8 Å². The molecule has 42 heavy (non-hydrogen) atoms. The number of aliphatic hydroxyl groups excluding tert-OH is 2. The fraction of sp³-hybridized carbons (Fsp3) is 0.769. The van der Waals surface area contributed by atoms with Crippen molar-refractivity contribution in [2.75, 3.05) is 18.1 Å². The van der Waals surface area contributed by atoms with E-state index in [-0.39, 0.29) is 31.0 Å². The third-order valence-electron chi connectivity index (χ3n) is 6.61. The number of nitrogens with one attached hydrogen (secondary N) is 5. The van der Waals surface area contributed by atoms with Gasteiger partial charge in [0, 0.05) is 12.2 Å². The summed E-state index contributed by atoms with van der Waals surface area (Å²) in [5.41, 5.74) is 10.9. The van der Waals surface area contributed by atoms with Gasteiger partial charge in [-0.25, -0.2) is 0 Å². The highest BCUT2D eigenvalue weighted by Crippen LogP contribution is 2.12. The predicted octanol–water partition coefficient (Wildman–Crippen LogP) is -3.03. The zero-order valence-electron chi connectivity index (χ0n) is 24.7. The molecule has 0 spiro atoms. The molecule has 240 valence electrons. The van der Waals surface area contributed by atoms with Gasteiger partial charge in [-0.15, -0.1) is 0 Å². The molecule has 0 aromatic heterocycles. The third-order valence-corrected chi connectivity index (χ3v) is 7.76. The Labute approximate surface area is 250 Å². The zero-order chi connectivity index (χ0) is 32.0. The van der Waals surface area contributed by atoms with Crippen molar-refractivity contribution in [2.24, 2.45) is 17.4 Å². The van der Waals surface area contributed by atoms with E-state index in [2.05, 4.69) is 26.6 Å². The SMILES string of the molecule is CC(C)[C@H](NC(=O)[C@@H](NC(=O)[C@@H]1CSCCCCCC(=O)N[C@@H](CCN)C(=O)N1)[C@@H](C)O)C(=O)N[C@H](C(N)=O)[C@@H](C)O. The van der Waals surface area contributed by atoms with Gasteiger partial charge in [0.2, 0.25) is 35.4 Å². The number of hydrogen-bond acceptors (Lipinski definition) is 10. The summed E-state index contributed by atoms with van der Waals surface area (Å²) in [7, 11) is 0. The van der Waals surface area contributed by atoms with E-state index >= 15 is 0 Å². The van der Waals surface area contributed by atoms with Crippen LogP contribution in [0, 0.1) is 5.92 Å². The van der Waals surface area contributed by atoms with Crippen molar-refractivity contribution in [2.45, 2.75) is 102 Å². The zero-order valence-corrected chi connectivity index (χ0v) is 25.5. The van der Waals surface area contributed by atoms with E-state index in [0.29, 0.717) is 12.2 Å². The van der Waals surface area contributed by atoms with Crippen LogP contribution in [0.25, 0.3) is 0 Å². The predicted molar refractivity (Wildman–Crippen MR) is 157 cm³/mol. The third kappa shape index (κ3) is 12.5. The molecule has 1 rings (SSSR count). The molecule has 1 fully saturated rings. The maximum atomic E-state index is 13.3. The van der Waals surface area contributed by atoms with E-state index in [1.807, 2.05) is 0 Å². The quantitative estimate of drug-likeness (QED) is 0.107. The minimum atomic E-state index is -1.51. The number of rotatable bonds is 12. The van der Waals surface area contributed by atoms with Crippen LogP contribution in [0.3, 0.4) is 0 Å². The van der Waals surface area contributed by atoms with E-state index in [1.54, 1.807) is 13.8 Å². The van der Waals surface area contributed by atoms with Gasteiger partial charge >= 0.3 is 0 Å². The number of thioether (sulfide) groups is 1. The van der Waals surface area contributed by atoms with Crippen molar-refractivity contribution < 1.29 is 39.0 Å². The summed E-state index contributed by atoms with van der Waals surface area (Å²) in [5, 5.41) is 32.7. The molecule has 0 aliphatic carbocycles. The van der Waals surface area contributed by atoms with Gasteiger partial charge in [-0.05, 0) is 51.3 Å². The van der Waals surface area contributed by atoms with Crippen molar-refractivity contribution >= 4 is 47.2 Å². The standard InChI is InChI=1S/C26H47N7O8S/c1-13(2)19(25(40)32-20(14(3)34)22(28)37)31-26(41)21(15(4)35)33-24(39)17-12-42-11-7-5-6-8-18(36)29-16(9-10-27)23(38)30-17/h13-17,19-21,34-35H,5-12,27H2,1-4H3,(H2,28,37)(H,29,36)(H,30,38)(H,31,41)(H,32,40)(H,33,39)/t14-,15-,16+,17+,19+,20+,21+/m1/s1. The van der Waals surface area contributed by atoms with Gasteiger partial charge in [-0.1, -0.05) is 20.3 Å². The molecule has 1 heterocycles. The largest absolute Gasteiger partial charge is 0.391 e. The summed E-state index contributed by atoms with van der Waals surface area (Å²) in [5.74, 6) is -3.96. The number of amides is 6. The molecule has 1 aliphatic heterocycles. The number of carbonyl (C=O) groups is 6. The Kier molecular flexibility index (Phi) is 16.4. The maximum Gasteiger partial charge on any atom is 0.245 e. The van der Waals surface area contributed by atoms with Gasteiger partial charge in [0.15, 0.2) is 0 Å². The summed E-state index contributed by atoms with van der Waals surface area (Å²) < 4.78 is 0. The van der Waals surface area contributed by atoms with Gasteiger partial charge in [0.1, 0.15) is 30.2 Å². The average molecular weight is 618 g/mol. The molecule has 7 atom stereocenters.